The molecular formula is C19H34N6O3. The van der Waals surface area contributed by atoms with E-state index in [1.807, 2.05) is 24.0 Å². The molecule has 1 aliphatic heterocycles. The molecule has 1 rings (SSSR count). The molecule has 9 heteroatoms. The zero-order valence-corrected chi connectivity index (χ0v) is 16.9. The largest absolute Gasteiger partial charge is 0.409 e. The maximum atomic E-state index is 11.8. The summed E-state index contributed by atoms with van der Waals surface area (Å²) in [5.74, 6) is 0.245. The van der Waals surface area contributed by atoms with Crippen LogP contribution in [-0.4, -0.2) is 67.5 Å². The Morgan fingerprint density at radius 1 is 1.36 bits per heavy atom. The summed E-state index contributed by atoms with van der Waals surface area (Å²) < 4.78 is 0. The van der Waals surface area contributed by atoms with Gasteiger partial charge in [0.25, 0.3) is 0 Å². The van der Waals surface area contributed by atoms with E-state index in [0.29, 0.717) is 17.9 Å². The fourth-order valence-corrected chi connectivity index (χ4v) is 3.24. The summed E-state index contributed by atoms with van der Waals surface area (Å²) >= 11 is 0. The van der Waals surface area contributed by atoms with Crippen molar-refractivity contribution in [1.29, 1.82) is 0 Å². The topological polar surface area (TPSA) is 132 Å². The minimum atomic E-state index is -0.371. The number of nitrogens with two attached hydrogens (primary N) is 1. The van der Waals surface area contributed by atoms with E-state index in [1.165, 1.54) is 0 Å². The molecule has 1 saturated heterocycles. The van der Waals surface area contributed by atoms with Gasteiger partial charge in [0.15, 0.2) is 5.84 Å². The number of hydrogen-bond acceptors (Lipinski definition) is 7. The number of imide groups is 1. The van der Waals surface area contributed by atoms with Crippen molar-refractivity contribution in [3.8, 4) is 0 Å². The van der Waals surface area contributed by atoms with E-state index in [0.717, 1.165) is 51.9 Å². The van der Waals surface area contributed by atoms with Gasteiger partial charge >= 0.3 is 0 Å². The summed E-state index contributed by atoms with van der Waals surface area (Å²) in [4.78, 5) is 24.1. The Balaban J connectivity index is 2.34. The number of hydrogen-bond donors (Lipinski definition) is 5. The minimum Gasteiger partial charge on any atom is -0.409 e. The van der Waals surface area contributed by atoms with Crippen LogP contribution in [0.5, 0.6) is 0 Å². The number of carbonyl (C=O) groups excluding carboxylic acids is 2. The number of likely N-dealkylation sites (N-methyl/N-ethyl adjacent to an activating group) is 1. The number of rotatable bonds is 11. The number of allylic oxidation sites excluding steroid dienone is 3. The van der Waals surface area contributed by atoms with Crippen molar-refractivity contribution in [1.82, 2.24) is 20.9 Å². The lowest BCUT2D eigenvalue weighted by atomic mass is 9.94. The first kappa shape index (κ1) is 23.6. The Morgan fingerprint density at radius 3 is 2.68 bits per heavy atom. The molecule has 0 aromatic carbocycles. The summed E-state index contributed by atoms with van der Waals surface area (Å²) in [5.41, 5.74) is 6.47. The SMILES string of the molecule is CNC(C(=O)NC=O)C(C)CCCC\C=C/C=C(N)/C(=N\O)N1CCNCC1. The van der Waals surface area contributed by atoms with E-state index in [9.17, 15) is 14.8 Å². The number of piperazine rings is 1. The number of carbonyl (C=O) groups is 2. The van der Waals surface area contributed by atoms with Crippen LogP contribution in [0.15, 0.2) is 29.1 Å². The lowest BCUT2D eigenvalue weighted by Crippen LogP contribution is -2.47. The molecule has 2 amide bonds. The van der Waals surface area contributed by atoms with Crippen LogP contribution >= 0.6 is 0 Å². The predicted octanol–water partition coefficient (Wildman–Crippen LogP) is 0.135. The maximum Gasteiger partial charge on any atom is 0.243 e. The second-order valence-corrected chi connectivity index (χ2v) is 6.87. The quantitative estimate of drug-likeness (QED) is 0.0640. The number of unbranched alkanes of at least 4 members (excludes halogenated alkanes) is 2. The van der Waals surface area contributed by atoms with Gasteiger partial charge in [-0.05, 0) is 38.3 Å². The third-order valence-corrected chi connectivity index (χ3v) is 4.83. The van der Waals surface area contributed by atoms with Gasteiger partial charge in [-0.2, -0.15) is 0 Å². The molecule has 2 unspecified atom stereocenters. The number of nitrogens with one attached hydrogen (secondary N) is 3. The Kier molecular flexibility index (Phi) is 11.6. The first-order chi connectivity index (χ1) is 13.5. The molecule has 0 aliphatic carbocycles. The van der Waals surface area contributed by atoms with E-state index in [1.54, 1.807) is 13.1 Å². The average Bonchev–Trinajstić information content (AvgIpc) is 2.69. The molecule has 158 valence electrons. The monoisotopic (exact) mass is 394 g/mol. The van der Waals surface area contributed by atoms with Crippen molar-refractivity contribution in [3.63, 3.8) is 0 Å². The van der Waals surface area contributed by atoms with Gasteiger partial charge in [-0.25, -0.2) is 0 Å². The van der Waals surface area contributed by atoms with Crippen molar-refractivity contribution in [3.05, 3.63) is 23.9 Å². The lowest BCUT2D eigenvalue weighted by molar-refractivity contribution is -0.127. The van der Waals surface area contributed by atoms with Crippen molar-refractivity contribution in [2.75, 3.05) is 33.2 Å². The second-order valence-electron chi connectivity index (χ2n) is 6.87. The number of amidine groups is 1. The molecule has 0 radical (unpaired) electrons. The number of oxime groups is 1. The molecule has 0 aromatic heterocycles. The molecule has 9 nitrogen and oxygen atoms in total. The summed E-state index contributed by atoms with van der Waals surface area (Å²) in [7, 11) is 1.72. The highest BCUT2D eigenvalue weighted by atomic mass is 16.4. The van der Waals surface area contributed by atoms with Gasteiger partial charge in [-0.15, -0.1) is 0 Å². The normalized spacial score (nSPS) is 18.1. The van der Waals surface area contributed by atoms with Crippen molar-refractivity contribution >= 4 is 18.2 Å². The minimum absolute atomic E-state index is 0.131. The zero-order chi connectivity index (χ0) is 20.8. The average molecular weight is 395 g/mol. The highest BCUT2D eigenvalue weighted by Gasteiger charge is 2.22. The number of nitrogens with zero attached hydrogens (tertiary/aromatic N) is 2. The van der Waals surface area contributed by atoms with Crippen LogP contribution in [0.1, 0.15) is 32.6 Å². The van der Waals surface area contributed by atoms with Crippen LogP contribution in [0.4, 0.5) is 0 Å². The first-order valence-corrected chi connectivity index (χ1v) is 9.76. The molecule has 0 spiro atoms. The third kappa shape index (κ3) is 8.10. The van der Waals surface area contributed by atoms with E-state index >= 15 is 0 Å². The van der Waals surface area contributed by atoms with Crippen LogP contribution in [0.3, 0.4) is 0 Å². The summed E-state index contributed by atoms with van der Waals surface area (Å²) in [6.07, 6.45) is 9.80. The molecule has 1 aliphatic rings. The van der Waals surface area contributed by atoms with Crippen LogP contribution < -0.4 is 21.7 Å². The Hall–Kier alpha value is -2.39. The van der Waals surface area contributed by atoms with Gasteiger partial charge in [0, 0.05) is 26.2 Å². The molecule has 6 N–H and O–H groups in total. The van der Waals surface area contributed by atoms with Crippen molar-refractivity contribution in [2.45, 2.75) is 38.6 Å². The molecular weight excluding hydrogens is 360 g/mol. The Labute approximate surface area is 167 Å². The standard InChI is InChI=1S/C19H34N6O3/c1-15(17(21-2)19(27)23-14-26)8-6-4-3-5-7-9-16(20)18(24-28)25-12-10-22-11-13-25/h5,7,9,14-15,17,21-22,28H,3-4,6,8,10-13,20H2,1-2H3,(H,23,26,27)/b7-5-,16-9-,24-18+. The zero-order valence-electron chi connectivity index (χ0n) is 16.9. The predicted molar refractivity (Wildman–Crippen MR) is 110 cm³/mol. The highest BCUT2D eigenvalue weighted by Crippen LogP contribution is 2.14. The van der Waals surface area contributed by atoms with Crippen LogP contribution in [0.2, 0.25) is 0 Å². The summed E-state index contributed by atoms with van der Waals surface area (Å²) in [6, 6.07) is -0.371. The van der Waals surface area contributed by atoms with Gasteiger partial charge in [-0.3, -0.25) is 14.9 Å². The second kappa shape index (κ2) is 13.7. The molecule has 28 heavy (non-hydrogen) atoms. The molecule has 0 bridgehead atoms. The summed E-state index contributed by atoms with van der Waals surface area (Å²) in [5, 5.41) is 21.0. The van der Waals surface area contributed by atoms with Gasteiger partial charge in [0.05, 0.1) is 11.7 Å². The summed E-state index contributed by atoms with van der Waals surface area (Å²) in [6.45, 7) is 5.19. The van der Waals surface area contributed by atoms with Gasteiger partial charge in [0.2, 0.25) is 12.3 Å². The fourth-order valence-electron chi connectivity index (χ4n) is 3.24. The van der Waals surface area contributed by atoms with Gasteiger partial charge < -0.3 is 26.5 Å². The van der Waals surface area contributed by atoms with Crippen molar-refractivity contribution < 1.29 is 14.8 Å². The van der Waals surface area contributed by atoms with Crippen molar-refractivity contribution in [2.24, 2.45) is 16.8 Å². The highest BCUT2D eigenvalue weighted by molar-refractivity contribution is 5.97. The van der Waals surface area contributed by atoms with Crippen LogP contribution in [0, 0.1) is 5.92 Å². The molecule has 0 aromatic rings. The number of amides is 2. The molecule has 1 fully saturated rings. The Morgan fingerprint density at radius 2 is 2.07 bits per heavy atom. The van der Waals surface area contributed by atoms with E-state index in [2.05, 4.69) is 21.1 Å². The van der Waals surface area contributed by atoms with E-state index < -0.39 is 0 Å². The maximum absolute atomic E-state index is 11.8. The van der Waals surface area contributed by atoms with Gasteiger partial charge in [0.1, 0.15) is 0 Å². The van der Waals surface area contributed by atoms with Crippen LogP contribution in [-0.2, 0) is 9.59 Å². The first-order valence-electron chi connectivity index (χ1n) is 9.76. The fraction of sp³-hybridized carbons (Fsp3) is 0.632. The third-order valence-electron chi connectivity index (χ3n) is 4.83. The van der Waals surface area contributed by atoms with E-state index in [4.69, 9.17) is 5.73 Å². The molecule has 0 saturated carbocycles. The molecule has 1 heterocycles. The molecule has 2 atom stereocenters. The van der Waals surface area contributed by atoms with Crippen LogP contribution in [0.25, 0.3) is 0 Å². The lowest BCUT2D eigenvalue weighted by Gasteiger charge is -2.29. The van der Waals surface area contributed by atoms with Gasteiger partial charge in [-0.1, -0.05) is 30.7 Å². The van der Waals surface area contributed by atoms with E-state index in [-0.39, 0.29) is 17.9 Å². The smallest absolute Gasteiger partial charge is 0.243 e. The Bertz CT molecular complexity index is 570.